The quantitative estimate of drug-likeness (QED) is 0.796. The summed E-state index contributed by atoms with van der Waals surface area (Å²) >= 11 is 0. The minimum Gasteiger partial charge on any atom is -0.497 e. The summed E-state index contributed by atoms with van der Waals surface area (Å²) < 4.78 is 5.17. The van der Waals surface area contributed by atoms with Crippen molar-refractivity contribution in [2.24, 2.45) is 5.41 Å². The molecule has 0 unspecified atom stereocenters. The molecule has 3 aliphatic heterocycles. The minimum atomic E-state index is -1.32. The number of fused-ring (bicyclic) bond motifs is 4. The van der Waals surface area contributed by atoms with Gasteiger partial charge in [-0.15, -0.1) is 0 Å². The molecule has 1 N–H and O–H groups in total. The Balaban J connectivity index is 1.62. The van der Waals surface area contributed by atoms with Gasteiger partial charge in [0.15, 0.2) is 5.41 Å². The number of nitrogens with one attached hydrogen (secondary N) is 1. The lowest BCUT2D eigenvalue weighted by Gasteiger charge is -2.49. The molecule has 5 rings (SSSR count). The highest BCUT2D eigenvalue weighted by Gasteiger charge is 2.62. The average Bonchev–Trinajstić information content (AvgIpc) is 3.23. The zero-order valence-electron chi connectivity index (χ0n) is 16.1. The van der Waals surface area contributed by atoms with Crippen molar-refractivity contribution in [2.75, 3.05) is 23.5 Å². The number of carbonyl (C=O) groups is 3. The van der Waals surface area contributed by atoms with Crippen molar-refractivity contribution < 1.29 is 19.1 Å². The van der Waals surface area contributed by atoms with Gasteiger partial charge in [0, 0.05) is 12.2 Å². The molecule has 2 fully saturated rings. The van der Waals surface area contributed by atoms with E-state index in [-0.39, 0.29) is 12.5 Å². The topological polar surface area (TPSA) is 79.0 Å². The molecule has 0 saturated carbocycles. The molecule has 2 saturated heterocycles. The number of para-hydroxylation sites is 1. The number of urea groups is 1. The van der Waals surface area contributed by atoms with Gasteiger partial charge in [-0.05, 0) is 55.2 Å². The average molecular weight is 391 g/mol. The van der Waals surface area contributed by atoms with E-state index in [9.17, 15) is 14.4 Å². The van der Waals surface area contributed by atoms with Crippen LogP contribution >= 0.6 is 0 Å². The molecular weight excluding hydrogens is 370 g/mol. The van der Waals surface area contributed by atoms with Crippen molar-refractivity contribution in [1.29, 1.82) is 0 Å². The second-order valence-corrected chi connectivity index (χ2v) is 7.73. The lowest BCUT2D eigenvalue weighted by Crippen LogP contribution is -2.71. The standard InChI is InChI=1S/C22H21N3O4/c1-29-16-10-8-15(9-11-16)25-20(27)22(19(26)23-21(25)28)13-14-5-2-3-6-17(14)24-12-4-7-18(22)24/h2-3,5-6,8-11,18H,4,7,12-13H2,1H3,(H,23,26,28)/t18-,22+/m1/s1. The first-order valence-electron chi connectivity index (χ1n) is 9.75. The minimum absolute atomic E-state index is 0.265. The summed E-state index contributed by atoms with van der Waals surface area (Å²) in [5.74, 6) is -0.329. The summed E-state index contributed by atoms with van der Waals surface area (Å²) in [7, 11) is 1.55. The van der Waals surface area contributed by atoms with Gasteiger partial charge in [-0.1, -0.05) is 18.2 Å². The monoisotopic (exact) mass is 391 g/mol. The molecule has 0 radical (unpaired) electrons. The fourth-order valence-corrected chi connectivity index (χ4v) is 5.00. The summed E-state index contributed by atoms with van der Waals surface area (Å²) in [4.78, 5) is 42.9. The van der Waals surface area contributed by atoms with E-state index in [0.717, 1.165) is 35.5 Å². The van der Waals surface area contributed by atoms with Gasteiger partial charge in [0.05, 0.1) is 18.8 Å². The lowest BCUT2D eigenvalue weighted by molar-refractivity contribution is -0.144. The van der Waals surface area contributed by atoms with Crippen LogP contribution in [-0.4, -0.2) is 37.5 Å². The third-order valence-electron chi connectivity index (χ3n) is 6.34. The maximum Gasteiger partial charge on any atom is 0.335 e. The molecule has 0 aromatic heterocycles. The summed E-state index contributed by atoms with van der Waals surface area (Å²) in [5.41, 5.74) is 1.13. The van der Waals surface area contributed by atoms with Crippen LogP contribution in [0.1, 0.15) is 18.4 Å². The van der Waals surface area contributed by atoms with Gasteiger partial charge in [-0.3, -0.25) is 14.9 Å². The fraction of sp³-hybridized carbons (Fsp3) is 0.318. The number of barbiturate groups is 1. The number of rotatable bonds is 2. The Hall–Kier alpha value is -3.35. The molecule has 4 amide bonds. The highest BCUT2D eigenvalue weighted by Crippen LogP contribution is 2.48. The second-order valence-electron chi connectivity index (χ2n) is 7.73. The maximum atomic E-state index is 13.8. The first kappa shape index (κ1) is 17.7. The Bertz CT molecular complexity index is 1020. The predicted octanol–water partition coefficient (Wildman–Crippen LogP) is 2.49. The normalized spacial score (nSPS) is 25.7. The number of carbonyl (C=O) groups excluding carboxylic acids is 3. The van der Waals surface area contributed by atoms with Crippen LogP contribution in [0.4, 0.5) is 16.2 Å². The third kappa shape index (κ3) is 2.40. The van der Waals surface area contributed by atoms with Crippen LogP contribution in [0, 0.1) is 5.41 Å². The first-order chi connectivity index (χ1) is 14.1. The molecule has 2 atom stereocenters. The molecule has 0 aliphatic carbocycles. The molecule has 1 spiro atoms. The van der Waals surface area contributed by atoms with Crippen LogP contribution in [0.25, 0.3) is 0 Å². The lowest BCUT2D eigenvalue weighted by atomic mass is 9.68. The number of ether oxygens (including phenoxy) is 1. The van der Waals surface area contributed by atoms with Crippen molar-refractivity contribution in [2.45, 2.75) is 25.3 Å². The molecule has 7 heteroatoms. The second kappa shape index (κ2) is 6.34. The molecule has 7 nitrogen and oxygen atoms in total. The highest BCUT2D eigenvalue weighted by molar-refractivity contribution is 6.30. The Morgan fingerprint density at radius 2 is 1.83 bits per heavy atom. The van der Waals surface area contributed by atoms with E-state index in [1.54, 1.807) is 31.4 Å². The molecule has 2 aromatic rings. The number of nitrogens with zero attached hydrogens (tertiary/aromatic N) is 2. The van der Waals surface area contributed by atoms with Crippen LogP contribution in [0.5, 0.6) is 5.75 Å². The van der Waals surface area contributed by atoms with Gasteiger partial charge < -0.3 is 9.64 Å². The largest absolute Gasteiger partial charge is 0.497 e. The highest BCUT2D eigenvalue weighted by atomic mass is 16.5. The van der Waals surface area contributed by atoms with Gasteiger partial charge in [0.25, 0.3) is 5.91 Å². The SMILES string of the molecule is COc1ccc(N2C(=O)NC(=O)[C@@]3(Cc4ccccc4N4CCC[C@@H]43)C2=O)cc1. The third-order valence-corrected chi connectivity index (χ3v) is 6.34. The van der Waals surface area contributed by atoms with E-state index in [2.05, 4.69) is 10.2 Å². The van der Waals surface area contributed by atoms with Crippen molar-refractivity contribution >= 4 is 29.2 Å². The van der Waals surface area contributed by atoms with Crippen LogP contribution < -0.4 is 19.9 Å². The van der Waals surface area contributed by atoms with Crippen molar-refractivity contribution in [1.82, 2.24) is 5.32 Å². The number of methoxy groups -OCH3 is 1. The van der Waals surface area contributed by atoms with Crippen LogP contribution in [0.3, 0.4) is 0 Å². The van der Waals surface area contributed by atoms with Crippen LogP contribution in [-0.2, 0) is 16.0 Å². The van der Waals surface area contributed by atoms with Gasteiger partial charge in [-0.2, -0.15) is 0 Å². The van der Waals surface area contributed by atoms with Crippen LogP contribution in [0.2, 0.25) is 0 Å². The molecule has 0 bridgehead atoms. The van der Waals surface area contributed by atoms with E-state index in [1.165, 1.54) is 0 Å². The Morgan fingerprint density at radius 1 is 1.07 bits per heavy atom. The van der Waals surface area contributed by atoms with Crippen molar-refractivity contribution in [3.8, 4) is 5.75 Å². The first-order valence-corrected chi connectivity index (χ1v) is 9.75. The summed E-state index contributed by atoms with van der Waals surface area (Å²) in [6, 6.07) is 13.6. The summed E-state index contributed by atoms with van der Waals surface area (Å²) in [5, 5.41) is 2.46. The number of anilines is 2. The molecule has 3 aliphatic rings. The molecule has 2 aromatic carbocycles. The number of hydrogen-bond donors (Lipinski definition) is 1. The number of benzene rings is 2. The Labute approximate surface area is 168 Å². The van der Waals surface area contributed by atoms with Crippen molar-refractivity contribution in [3.05, 3.63) is 54.1 Å². The van der Waals surface area contributed by atoms with Gasteiger partial charge in [0.1, 0.15) is 5.75 Å². The Kier molecular flexibility index (Phi) is 3.87. The van der Waals surface area contributed by atoms with E-state index < -0.39 is 23.3 Å². The van der Waals surface area contributed by atoms with E-state index >= 15 is 0 Å². The predicted molar refractivity (Wildman–Crippen MR) is 107 cm³/mol. The number of imide groups is 2. The van der Waals surface area contributed by atoms with E-state index in [1.807, 2.05) is 24.3 Å². The Morgan fingerprint density at radius 3 is 2.59 bits per heavy atom. The van der Waals surface area contributed by atoms with Gasteiger partial charge in [-0.25, -0.2) is 9.69 Å². The zero-order valence-corrected chi connectivity index (χ0v) is 16.1. The molecular formula is C22H21N3O4. The van der Waals surface area contributed by atoms with Gasteiger partial charge >= 0.3 is 6.03 Å². The van der Waals surface area contributed by atoms with Gasteiger partial charge in [0.2, 0.25) is 5.91 Å². The zero-order chi connectivity index (χ0) is 20.2. The molecule has 29 heavy (non-hydrogen) atoms. The van der Waals surface area contributed by atoms with E-state index in [0.29, 0.717) is 11.4 Å². The number of amides is 4. The van der Waals surface area contributed by atoms with Crippen molar-refractivity contribution in [3.63, 3.8) is 0 Å². The molecule has 3 heterocycles. The smallest absolute Gasteiger partial charge is 0.335 e. The fourth-order valence-electron chi connectivity index (χ4n) is 5.00. The summed E-state index contributed by atoms with van der Waals surface area (Å²) in [6.07, 6.45) is 1.92. The summed E-state index contributed by atoms with van der Waals surface area (Å²) in [6.45, 7) is 0.792. The van der Waals surface area contributed by atoms with Crippen LogP contribution in [0.15, 0.2) is 48.5 Å². The maximum absolute atomic E-state index is 13.8. The van der Waals surface area contributed by atoms with E-state index in [4.69, 9.17) is 4.74 Å². The number of hydrogen-bond acceptors (Lipinski definition) is 5. The molecule has 148 valence electrons.